The molecular formula is C14H13ClN2O2. The highest BCUT2D eigenvalue weighted by Gasteiger charge is 2.02. The highest BCUT2D eigenvalue weighted by Crippen LogP contribution is 2.19. The van der Waals surface area contributed by atoms with E-state index in [0.29, 0.717) is 16.5 Å². The number of hydrogen-bond donors (Lipinski definition) is 2. The van der Waals surface area contributed by atoms with Gasteiger partial charge in [0.25, 0.3) is 0 Å². The molecule has 0 atom stereocenters. The third-order valence-corrected chi connectivity index (χ3v) is 2.79. The average molecular weight is 277 g/mol. The summed E-state index contributed by atoms with van der Waals surface area (Å²) >= 11 is 5.82. The molecule has 0 fully saturated rings. The lowest BCUT2D eigenvalue weighted by atomic mass is 10.2. The van der Waals surface area contributed by atoms with Gasteiger partial charge in [-0.1, -0.05) is 11.6 Å². The number of halogens is 1. The molecule has 0 aromatic heterocycles. The zero-order valence-corrected chi connectivity index (χ0v) is 11.1. The lowest BCUT2D eigenvalue weighted by Crippen LogP contribution is -2.19. The summed E-state index contributed by atoms with van der Waals surface area (Å²) in [5.41, 5.74) is 3.53. The molecule has 0 bridgehead atoms. The summed E-state index contributed by atoms with van der Waals surface area (Å²) in [6.45, 7) is 0. The third kappa shape index (κ3) is 3.47. The number of ether oxygens (including phenoxy) is 1. The van der Waals surface area contributed by atoms with E-state index in [2.05, 4.69) is 10.5 Å². The molecule has 0 saturated carbocycles. The van der Waals surface area contributed by atoms with E-state index in [9.17, 15) is 5.21 Å². The number of aliphatic imine (C=N–C) groups is 1. The zero-order valence-electron chi connectivity index (χ0n) is 10.3. The smallest absolute Gasteiger partial charge is 0.157 e. The SMILES string of the molecule is COc1ccc(N=C(NO)c2ccc(Cl)cc2)cc1. The molecular weight excluding hydrogens is 264 g/mol. The van der Waals surface area contributed by atoms with Gasteiger partial charge in [-0.3, -0.25) is 10.7 Å². The van der Waals surface area contributed by atoms with Crippen LogP contribution in [0.1, 0.15) is 5.56 Å². The van der Waals surface area contributed by atoms with Crippen molar-refractivity contribution in [2.45, 2.75) is 0 Å². The van der Waals surface area contributed by atoms with Crippen LogP contribution in [0.2, 0.25) is 5.02 Å². The minimum atomic E-state index is 0.349. The van der Waals surface area contributed by atoms with Crippen molar-refractivity contribution in [3.8, 4) is 5.75 Å². The molecule has 0 saturated heterocycles. The number of amidine groups is 1. The minimum absolute atomic E-state index is 0.349. The Morgan fingerprint density at radius 1 is 1.11 bits per heavy atom. The van der Waals surface area contributed by atoms with Crippen LogP contribution in [0.25, 0.3) is 0 Å². The first-order valence-corrected chi connectivity index (χ1v) is 5.99. The minimum Gasteiger partial charge on any atom is -0.497 e. The standard InChI is InChI=1S/C14H13ClN2O2/c1-19-13-8-6-12(7-9-13)16-14(17-18)10-2-4-11(15)5-3-10/h2-9,18H,1H3,(H,16,17). The predicted octanol–water partition coefficient (Wildman–Crippen LogP) is 3.41. The molecule has 5 heteroatoms. The monoisotopic (exact) mass is 276 g/mol. The van der Waals surface area contributed by atoms with Gasteiger partial charge >= 0.3 is 0 Å². The van der Waals surface area contributed by atoms with Gasteiger partial charge in [-0.2, -0.15) is 0 Å². The quantitative estimate of drug-likeness (QED) is 0.513. The molecule has 2 aromatic rings. The van der Waals surface area contributed by atoms with Crippen LogP contribution in [-0.2, 0) is 0 Å². The van der Waals surface area contributed by atoms with Crippen molar-refractivity contribution in [2.24, 2.45) is 4.99 Å². The Morgan fingerprint density at radius 3 is 2.26 bits per heavy atom. The van der Waals surface area contributed by atoms with Gasteiger partial charge in [-0.15, -0.1) is 0 Å². The van der Waals surface area contributed by atoms with Crippen molar-refractivity contribution in [1.29, 1.82) is 0 Å². The second kappa shape index (κ2) is 6.22. The summed E-state index contributed by atoms with van der Waals surface area (Å²) in [5, 5.41) is 9.80. The molecule has 2 rings (SSSR count). The summed E-state index contributed by atoms with van der Waals surface area (Å²) in [5.74, 6) is 1.10. The first kappa shape index (κ1) is 13.4. The van der Waals surface area contributed by atoms with Crippen molar-refractivity contribution >= 4 is 23.1 Å². The Bertz CT molecular complexity index is 565. The van der Waals surface area contributed by atoms with Crippen LogP contribution in [0, 0.1) is 0 Å². The molecule has 0 aliphatic carbocycles. The van der Waals surface area contributed by atoms with E-state index in [-0.39, 0.29) is 0 Å². The summed E-state index contributed by atoms with van der Waals surface area (Å²) in [6, 6.07) is 14.2. The average Bonchev–Trinajstić information content (AvgIpc) is 2.46. The third-order valence-electron chi connectivity index (χ3n) is 2.54. The zero-order chi connectivity index (χ0) is 13.7. The lowest BCUT2D eigenvalue weighted by Gasteiger charge is -2.05. The summed E-state index contributed by atoms with van der Waals surface area (Å²) in [6.07, 6.45) is 0. The topological polar surface area (TPSA) is 53.8 Å². The Balaban J connectivity index is 2.29. The first-order valence-electron chi connectivity index (χ1n) is 5.61. The Morgan fingerprint density at radius 2 is 1.74 bits per heavy atom. The molecule has 0 amide bonds. The molecule has 0 radical (unpaired) electrons. The van der Waals surface area contributed by atoms with E-state index in [0.717, 1.165) is 11.3 Å². The van der Waals surface area contributed by atoms with Crippen molar-refractivity contribution < 1.29 is 9.94 Å². The van der Waals surface area contributed by atoms with E-state index < -0.39 is 0 Å². The number of hydroxylamine groups is 1. The maximum absolute atomic E-state index is 9.17. The van der Waals surface area contributed by atoms with Crippen LogP contribution in [0.4, 0.5) is 5.69 Å². The normalized spacial score (nSPS) is 11.2. The Hall–Kier alpha value is -2.04. The van der Waals surface area contributed by atoms with Gasteiger partial charge in [-0.25, -0.2) is 4.99 Å². The van der Waals surface area contributed by atoms with Crippen LogP contribution >= 0.6 is 11.6 Å². The molecule has 19 heavy (non-hydrogen) atoms. The molecule has 2 aromatic carbocycles. The van der Waals surface area contributed by atoms with Gasteiger partial charge in [0.1, 0.15) is 5.75 Å². The molecule has 4 nitrogen and oxygen atoms in total. The van der Waals surface area contributed by atoms with Crippen molar-refractivity contribution in [2.75, 3.05) is 7.11 Å². The van der Waals surface area contributed by atoms with E-state index >= 15 is 0 Å². The molecule has 0 unspecified atom stereocenters. The fraction of sp³-hybridized carbons (Fsp3) is 0.0714. The van der Waals surface area contributed by atoms with Crippen molar-refractivity contribution in [3.63, 3.8) is 0 Å². The van der Waals surface area contributed by atoms with Gasteiger partial charge in [0.15, 0.2) is 5.84 Å². The second-order valence-corrected chi connectivity index (χ2v) is 4.21. The van der Waals surface area contributed by atoms with E-state index in [1.165, 1.54) is 0 Å². The number of rotatable bonds is 3. The largest absolute Gasteiger partial charge is 0.497 e. The second-order valence-electron chi connectivity index (χ2n) is 3.78. The Kier molecular flexibility index (Phi) is 4.39. The number of hydrogen-bond acceptors (Lipinski definition) is 3. The fourth-order valence-corrected chi connectivity index (χ4v) is 1.67. The molecule has 0 heterocycles. The number of nitrogens with one attached hydrogen (secondary N) is 1. The maximum Gasteiger partial charge on any atom is 0.157 e. The highest BCUT2D eigenvalue weighted by molar-refractivity contribution is 6.30. The van der Waals surface area contributed by atoms with Gasteiger partial charge in [-0.05, 0) is 48.5 Å². The predicted molar refractivity (Wildman–Crippen MR) is 75.6 cm³/mol. The number of methoxy groups -OCH3 is 1. The molecule has 98 valence electrons. The first-order chi connectivity index (χ1) is 9.22. The summed E-state index contributed by atoms with van der Waals surface area (Å²) in [7, 11) is 1.60. The summed E-state index contributed by atoms with van der Waals surface area (Å²) in [4.78, 5) is 4.31. The van der Waals surface area contributed by atoms with Crippen LogP contribution < -0.4 is 10.2 Å². The molecule has 0 aliphatic rings. The lowest BCUT2D eigenvalue weighted by molar-refractivity contribution is 0.235. The van der Waals surface area contributed by atoms with Crippen LogP contribution in [-0.4, -0.2) is 18.2 Å². The van der Waals surface area contributed by atoms with Crippen LogP contribution in [0.5, 0.6) is 5.75 Å². The fourth-order valence-electron chi connectivity index (χ4n) is 1.55. The Labute approximate surface area is 116 Å². The molecule has 0 aliphatic heterocycles. The summed E-state index contributed by atoms with van der Waals surface area (Å²) < 4.78 is 5.07. The van der Waals surface area contributed by atoms with E-state index in [1.54, 1.807) is 55.6 Å². The van der Waals surface area contributed by atoms with Gasteiger partial charge in [0.2, 0.25) is 0 Å². The van der Waals surface area contributed by atoms with Gasteiger partial charge in [0.05, 0.1) is 12.8 Å². The van der Waals surface area contributed by atoms with Crippen LogP contribution in [0.3, 0.4) is 0 Å². The highest BCUT2D eigenvalue weighted by atomic mass is 35.5. The number of benzene rings is 2. The molecule has 0 spiro atoms. The number of nitrogens with zero attached hydrogens (tertiary/aromatic N) is 1. The van der Waals surface area contributed by atoms with Crippen molar-refractivity contribution in [1.82, 2.24) is 5.48 Å². The van der Waals surface area contributed by atoms with Crippen molar-refractivity contribution in [3.05, 3.63) is 59.1 Å². The molecule has 2 N–H and O–H groups in total. The van der Waals surface area contributed by atoms with Gasteiger partial charge in [0, 0.05) is 10.6 Å². The maximum atomic E-state index is 9.17. The van der Waals surface area contributed by atoms with E-state index in [4.69, 9.17) is 16.3 Å². The van der Waals surface area contributed by atoms with Crippen LogP contribution in [0.15, 0.2) is 53.5 Å². The van der Waals surface area contributed by atoms with Gasteiger partial charge < -0.3 is 4.74 Å². The van der Waals surface area contributed by atoms with E-state index in [1.807, 2.05) is 0 Å².